The molecule has 2 aliphatic rings. The number of hydrogen-bond acceptors (Lipinski definition) is 5. The van der Waals surface area contributed by atoms with Gasteiger partial charge in [-0.05, 0) is 43.4 Å². The third-order valence-corrected chi connectivity index (χ3v) is 5.96. The average molecular weight is 344 g/mol. The summed E-state index contributed by atoms with van der Waals surface area (Å²) in [4.78, 5) is 10.9. The molecule has 0 atom stereocenters. The number of benzene rings is 1. The Morgan fingerprint density at radius 2 is 1.96 bits per heavy atom. The number of aromatic nitrogens is 2. The fourth-order valence-electron chi connectivity index (χ4n) is 3.06. The van der Waals surface area contributed by atoms with Gasteiger partial charge in [-0.1, -0.05) is 6.07 Å². The van der Waals surface area contributed by atoms with Crippen molar-refractivity contribution < 1.29 is 8.42 Å². The average Bonchev–Trinajstić information content (AvgIpc) is 3.40. The van der Waals surface area contributed by atoms with Crippen LogP contribution in [0.3, 0.4) is 0 Å². The van der Waals surface area contributed by atoms with E-state index in [9.17, 15) is 8.42 Å². The molecule has 4 rings (SSSR count). The number of anilines is 2. The van der Waals surface area contributed by atoms with E-state index in [4.69, 9.17) is 0 Å². The summed E-state index contributed by atoms with van der Waals surface area (Å²) in [6, 6.07) is 5.32. The van der Waals surface area contributed by atoms with Gasteiger partial charge >= 0.3 is 0 Å². The second-order valence-electron chi connectivity index (χ2n) is 6.53. The molecule has 1 saturated carbocycles. The highest BCUT2D eigenvalue weighted by molar-refractivity contribution is 7.92. The van der Waals surface area contributed by atoms with Crippen molar-refractivity contribution in [3.63, 3.8) is 0 Å². The number of aryl methyl sites for hydroxylation is 1. The van der Waals surface area contributed by atoms with Gasteiger partial charge in [-0.3, -0.25) is 4.72 Å². The van der Waals surface area contributed by atoms with E-state index in [0.717, 1.165) is 43.7 Å². The van der Waals surface area contributed by atoms with Crippen molar-refractivity contribution in [1.29, 1.82) is 0 Å². The summed E-state index contributed by atoms with van der Waals surface area (Å²) in [7, 11) is -1.65. The van der Waals surface area contributed by atoms with Crippen molar-refractivity contribution in [2.75, 3.05) is 23.2 Å². The predicted octanol–water partition coefficient (Wildman–Crippen LogP) is 2.54. The first-order valence-electron chi connectivity index (χ1n) is 8.22. The lowest BCUT2D eigenvalue weighted by molar-refractivity contribution is 0.601. The van der Waals surface area contributed by atoms with Gasteiger partial charge in [0.05, 0.1) is 23.0 Å². The van der Waals surface area contributed by atoms with E-state index in [2.05, 4.69) is 19.6 Å². The van der Waals surface area contributed by atoms with Gasteiger partial charge < -0.3 is 4.90 Å². The van der Waals surface area contributed by atoms with Gasteiger partial charge in [0.15, 0.2) is 0 Å². The van der Waals surface area contributed by atoms with E-state index in [1.165, 1.54) is 5.56 Å². The second-order valence-corrected chi connectivity index (χ2v) is 8.21. The van der Waals surface area contributed by atoms with Crippen LogP contribution in [0.5, 0.6) is 0 Å². The third kappa shape index (κ3) is 2.96. The number of nitrogens with zero attached hydrogens (tertiary/aromatic N) is 3. The quantitative estimate of drug-likeness (QED) is 0.922. The molecule has 2 heterocycles. The monoisotopic (exact) mass is 344 g/mol. The zero-order valence-electron chi connectivity index (χ0n) is 13.6. The van der Waals surface area contributed by atoms with Crippen LogP contribution in [0.4, 0.5) is 11.4 Å². The van der Waals surface area contributed by atoms with Crippen molar-refractivity contribution >= 4 is 21.4 Å². The van der Waals surface area contributed by atoms with Crippen LogP contribution in [0, 0.1) is 0 Å². The Hall–Kier alpha value is -2.15. The smallest absolute Gasteiger partial charge is 0.262 e. The number of fused-ring (bicyclic) bond motifs is 1. The van der Waals surface area contributed by atoms with Gasteiger partial charge in [0, 0.05) is 25.2 Å². The minimum atomic E-state index is -3.64. The first-order valence-corrected chi connectivity index (χ1v) is 9.70. The number of rotatable bonds is 4. The van der Waals surface area contributed by atoms with Gasteiger partial charge in [-0.2, -0.15) is 0 Å². The van der Waals surface area contributed by atoms with E-state index in [0.29, 0.717) is 11.6 Å². The highest BCUT2D eigenvalue weighted by Gasteiger charge is 2.26. The number of hydrogen-bond donors (Lipinski definition) is 1. The molecule has 1 fully saturated rings. The summed E-state index contributed by atoms with van der Waals surface area (Å²) in [5.74, 6) is 1.25. The Morgan fingerprint density at radius 1 is 1.21 bits per heavy atom. The van der Waals surface area contributed by atoms with Gasteiger partial charge in [-0.25, -0.2) is 18.4 Å². The molecule has 6 nitrogen and oxygen atoms in total. The van der Waals surface area contributed by atoms with Crippen LogP contribution >= 0.6 is 0 Å². The molecule has 0 amide bonds. The Labute approximate surface area is 142 Å². The summed E-state index contributed by atoms with van der Waals surface area (Å²) in [6.07, 6.45) is 7.41. The molecule has 1 N–H and O–H groups in total. The molecule has 0 unspecified atom stereocenters. The molecule has 126 valence electrons. The minimum absolute atomic E-state index is 0.265. The topological polar surface area (TPSA) is 75.2 Å². The highest BCUT2D eigenvalue weighted by atomic mass is 32.2. The van der Waals surface area contributed by atoms with E-state index < -0.39 is 10.0 Å². The largest absolute Gasteiger partial charge is 0.374 e. The van der Waals surface area contributed by atoms with Crippen LogP contribution < -0.4 is 9.62 Å². The molecule has 1 aromatic heterocycles. The highest BCUT2D eigenvalue weighted by Crippen LogP contribution is 2.37. The second kappa shape index (κ2) is 5.73. The summed E-state index contributed by atoms with van der Waals surface area (Å²) in [6.45, 7) is 0.945. The SMILES string of the molecule is CN1CCCc2ccc(S(=O)(=O)Nc3cnc(C4CC4)nc3)cc21. The van der Waals surface area contributed by atoms with Crippen LogP contribution in [0.1, 0.15) is 36.6 Å². The molecule has 0 saturated heterocycles. The van der Waals surface area contributed by atoms with Crippen LogP contribution in [-0.2, 0) is 16.4 Å². The lowest BCUT2D eigenvalue weighted by Crippen LogP contribution is -2.25. The minimum Gasteiger partial charge on any atom is -0.374 e. The van der Waals surface area contributed by atoms with Gasteiger partial charge in [-0.15, -0.1) is 0 Å². The molecule has 1 aliphatic heterocycles. The Balaban J connectivity index is 1.59. The molecule has 0 spiro atoms. The molecule has 1 aliphatic carbocycles. The van der Waals surface area contributed by atoms with Gasteiger partial charge in [0.2, 0.25) is 0 Å². The standard InChI is InChI=1S/C17H20N4O2S/c1-21-8-2-3-12-6-7-15(9-16(12)21)24(22,23)20-14-10-18-17(19-11-14)13-4-5-13/h6-7,9-11,13,20H,2-5,8H2,1H3. The molecule has 0 bridgehead atoms. The lowest BCUT2D eigenvalue weighted by Gasteiger charge is -2.27. The van der Waals surface area contributed by atoms with Crippen LogP contribution in [0.2, 0.25) is 0 Å². The van der Waals surface area contributed by atoms with Crippen LogP contribution in [-0.4, -0.2) is 32.0 Å². The fourth-order valence-corrected chi connectivity index (χ4v) is 4.11. The number of sulfonamides is 1. The Morgan fingerprint density at radius 3 is 2.67 bits per heavy atom. The van der Waals surface area contributed by atoms with Crippen LogP contribution in [0.25, 0.3) is 0 Å². The predicted molar refractivity (Wildman–Crippen MR) is 92.8 cm³/mol. The van der Waals surface area contributed by atoms with Gasteiger partial charge in [0.1, 0.15) is 5.82 Å². The van der Waals surface area contributed by atoms with Crippen molar-refractivity contribution in [2.45, 2.75) is 36.5 Å². The lowest BCUT2D eigenvalue weighted by atomic mass is 10.0. The maximum Gasteiger partial charge on any atom is 0.262 e. The van der Waals surface area contributed by atoms with Crippen LogP contribution in [0.15, 0.2) is 35.5 Å². The molecular formula is C17H20N4O2S. The zero-order valence-corrected chi connectivity index (χ0v) is 14.4. The van der Waals surface area contributed by atoms with Crippen molar-refractivity contribution in [3.05, 3.63) is 42.0 Å². The Kier molecular flexibility index (Phi) is 3.68. The molecule has 1 aromatic carbocycles. The summed E-state index contributed by atoms with van der Waals surface area (Å²) in [5.41, 5.74) is 2.58. The summed E-state index contributed by atoms with van der Waals surface area (Å²) >= 11 is 0. The van der Waals surface area contributed by atoms with E-state index in [-0.39, 0.29) is 4.90 Å². The first kappa shape index (κ1) is 15.4. The molecular weight excluding hydrogens is 324 g/mol. The third-order valence-electron chi connectivity index (χ3n) is 4.58. The van der Waals surface area contributed by atoms with Crippen molar-refractivity contribution in [2.24, 2.45) is 0 Å². The normalized spacial score (nSPS) is 17.5. The maximum atomic E-state index is 12.6. The maximum absolute atomic E-state index is 12.6. The van der Waals surface area contributed by atoms with Crippen molar-refractivity contribution in [3.8, 4) is 0 Å². The van der Waals surface area contributed by atoms with E-state index in [1.54, 1.807) is 24.5 Å². The Bertz CT molecular complexity index is 861. The van der Waals surface area contributed by atoms with E-state index in [1.807, 2.05) is 13.1 Å². The van der Waals surface area contributed by atoms with E-state index >= 15 is 0 Å². The van der Waals surface area contributed by atoms with Crippen molar-refractivity contribution in [1.82, 2.24) is 9.97 Å². The van der Waals surface area contributed by atoms with Gasteiger partial charge in [0.25, 0.3) is 10.0 Å². The molecule has 0 radical (unpaired) electrons. The first-order chi connectivity index (χ1) is 11.5. The zero-order chi connectivity index (χ0) is 16.7. The number of nitrogens with one attached hydrogen (secondary N) is 1. The summed E-state index contributed by atoms with van der Waals surface area (Å²) < 4.78 is 27.9. The fraction of sp³-hybridized carbons (Fsp3) is 0.412. The molecule has 7 heteroatoms. The molecule has 2 aromatic rings. The molecule has 24 heavy (non-hydrogen) atoms. The summed E-state index contributed by atoms with van der Waals surface area (Å²) in [5, 5.41) is 0.